The SMILES string of the molecule is CCN1CCC(CNC(F)(F)F)CC1. The van der Waals surface area contributed by atoms with Crippen LogP contribution in [0.2, 0.25) is 0 Å². The van der Waals surface area contributed by atoms with Crippen LogP contribution in [-0.4, -0.2) is 37.4 Å². The zero-order valence-corrected chi connectivity index (χ0v) is 8.40. The zero-order valence-electron chi connectivity index (χ0n) is 8.40. The van der Waals surface area contributed by atoms with Crippen LogP contribution in [0.4, 0.5) is 13.2 Å². The van der Waals surface area contributed by atoms with Gasteiger partial charge in [-0.2, -0.15) is 13.2 Å². The number of piperidine rings is 1. The average Bonchev–Trinajstić information content (AvgIpc) is 2.14. The van der Waals surface area contributed by atoms with Crippen LogP contribution in [0, 0.1) is 5.92 Å². The Labute approximate surface area is 82.5 Å². The third-order valence-electron chi connectivity index (χ3n) is 2.75. The zero-order chi connectivity index (χ0) is 10.6. The van der Waals surface area contributed by atoms with Gasteiger partial charge in [-0.1, -0.05) is 6.92 Å². The van der Waals surface area contributed by atoms with E-state index in [2.05, 4.69) is 11.8 Å². The number of nitrogens with one attached hydrogen (secondary N) is 1. The molecule has 0 spiro atoms. The summed E-state index contributed by atoms with van der Waals surface area (Å²) in [6, 6.07) is 0. The van der Waals surface area contributed by atoms with Crippen LogP contribution in [0.3, 0.4) is 0 Å². The molecule has 1 saturated heterocycles. The summed E-state index contributed by atoms with van der Waals surface area (Å²) in [7, 11) is 0. The Bertz CT molecular complexity index is 162. The second-order valence-corrected chi connectivity index (χ2v) is 3.76. The largest absolute Gasteiger partial charge is 0.457 e. The van der Waals surface area contributed by atoms with E-state index in [1.165, 1.54) is 0 Å². The molecule has 0 saturated carbocycles. The Morgan fingerprint density at radius 2 is 1.86 bits per heavy atom. The van der Waals surface area contributed by atoms with Gasteiger partial charge < -0.3 is 4.90 Å². The van der Waals surface area contributed by atoms with E-state index in [1.54, 1.807) is 5.32 Å². The molecule has 2 nitrogen and oxygen atoms in total. The Morgan fingerprint density at radius 3 is 2.29 bits per heavy atom. The maximum atomic E-state index is 11.8. The fraction of sp³-hybridized carbons (Fsp3) is 1.00. The summed E-state index contributed by atoms with van der Waals surface area (Å²) in [6.45, 7) is 5.01. The minimum Gasteiger partial charge on any atom is -0.304 e. The normalized spacial score (nSPS) is 21.4. The Morgan fingerprint density at radius 1 is 1.29 bits per heavy atom. The molecule has 1 aliphatic heterocycles. The van der Waals surface area contributed by atoms with E-state index in [1.807, 2.05) is 0 Å². The molecule has 1 rings (SSSR count). The number of nitrogens with zero attached hydrogens (tertiary/aromatic N) is 1. The van der Waals surface area contributed by atoms with Crippen molar-refractivity contribution in [3.05, 3.63) is 0 Å². The summed E-state index contributed by atoms with van der Waals surface area (Å²) >= 11 is 0. The molecule has 0 radical (unpaired) electrons. The van der Waals surface area contributed by atoms with Gasteiger partial charge in [0.1, 0.15) is 0 Å². The lowest BCUT2D eigenvalue weighted by Gasteiger charge is -2.31. The van der Waals surface area contributed by atoms with Crippen LogP contribution in [0.25, 0.3) is 0 Å². The molecule has 0 unspecified atom stereocenters. The van der Waals surface area contributed by atoms with E-state index in [0.29, 0.717) is 0 Å². The predicted octanol–water partition coefficient (Wildman–Crippen LogP) is 1.83. The monoisotopic (exact) mass is 210 g/mol. The average molecular weight is 210 g/mol. The molecule has 5 heteroatoms. The first-order valence-electron chi connectivity index (χ1n) is 5.05. The maximum absolute atomic E-state index is 11.8. The number of hydrogen-bond acceptors (Lipinski definition) is 2. The summed E-state index contributed by atoms with van der Waals surface area (Å²) in [5, 5.41) is 1.61. The minimum atomic E-state index is -4.22. The van der Waals surface area contributed by atoms with Gasteiger partial charge in [0, 0.05) is 6.54 Å². The second-order valence-electron chi connectivity index (χ2n) is 3.76. The highest BCUT2D eigenvalue weighted by Gasteiger charge is 2.28. The summed E-state index contributed by atoms with van der Waals surface area (Å²) in [6.07, 6.45) is -2.48. The first kappa shape index (κ1) is 11.8. The smallest absolute Gasteiger partial charge is 0.304 e. The molecule has 1 heterocycles. The van der Waals surface area contributed by atoms with Gasteiger partial charge in [-0.05, 0) is 38.4 Å². The van der Waals surface area contributed by atoms with E-state index < -0.39 is 6.30 Å². The molecule has 0 bridgehead atoms. The van der Waals surface area contributed by atoms with E-state index in [4.69, 9.17) is 0 Å². The molecule has 0 aliphatic carbocycles. The van der Waals surface area contributed by atoms with Gasteiger partial charge in [0.25, 0.3) is 0 Å². The number of hydrogen-bond donors (Lipinski definition) is 1. The Hall–Kier alpha value is -0.290. The molecule has 0 aromatic heterocycles. The quantitative estimate of drug-likeness (QED) is 0.715. The molecule has 14 heavy (non-hydrogen) atoms. The Balaban J connectivity index is 2.16. The van der Waals surface area contributed by atoms with Gasteiger partial charge in [-0.3, -0.25) is 0 Å². The van der Waals surface area contributed by atoms with Crippen molar-refractivity contribution in [2.75, 3.05) is 26.2 Å². The van der Waals surface area contributed by atoms with Crippen molar-refractivity contribution in [1.29, 1.82) is 0 Å². The van der Waals surface area contributed by atoms with Crippen molar-refractivity contribution in [1.82, 2.24) is 10.2 Å². The minimum absolute atomic E-state index is 0.0705. The summed E-state index contributed by atoms with van der Waals surface area (Å²) in [4.78, 5) is 2.27. The van der Waals surface area contributed by atoms with Crippen molar-refractivity contribution >= 4 is 0 Å². The third kappa shape index (κ3) is 4.28. The summed E-state index contributed by atoms with van der Waals surface area (Å²) in [5.41, 5.74) is 0. The standard InChI is InChI=1S/C9H17F3N2/c1-2-14-5-3-8(4-6-14)7-13-9(10,11)12/h8,13H,2-7H2,1H3. The molecule has 0 atom stereocenters. The van der Waals surface area contributed by atoms with Crippen LogP contribution in [0.5, 0.6) is 0 Å². The van der Waals surface area contributed by atoms with Crippen LogP contribution in [-0.2, 0) is 0 Å². The molecule has 84 valence electrons. The molecule has 1 N–H and O–H groups in total. The lowest BCUT2D eigenvalue weighted by atomic mass is 9.97. The fourth-order valence-electron chi connectivity index (χ4n) is 1.77. The van der Waals surface area contributed by atoms with Gasteiger partial charge in [0.2, 0.25) is 0 Å². The maximum Gasteiger partial charge on any atom is 0.457 e. The number of halogens is 3. The number of alkyl halides is 3. The molecule has 1 aliphatic rings. The lowest BCUT2D eigenvalue weighted by molar-refractivity contribution is -0.159. The molecule has 1 fully saturated rings. The van der Waals surface area contributed by atoms with Gasteiger partial charge in [-0.15, -0.1) is 0 Å². The topological polar surface area (TPSA) is 15.3 Å². The molecule has 0 aromatic rings. The van der Waals surface area contributed by atoms with Gasteiger partial charge in [0.15, 0.2) is 0 Å². The Kier molecular flexibility index (Phi) is 4.19. The van der Waals surface area contributed by atoms with Crippen LogP contribution < -0.4 is 5.32 Å². The predicted molar refractivity (Wildman–Crippen MR) is 48.9 cm³/mol. The van der Waals surface area contributed by atoms with Crippen molar-refractivity contribution in [2.24, 2.45) is 5.92 Å². The van der Waals surface area contributed by atoms with Crippen LogP contribution in [0.15, 0.2) is 0 Å². The van der Waals surface area contributed by atoms with E-state index in [-0.39, 0.29) is 12.5 Å². The molecule has 0 amide bonds. The van der Waals surface area contributed by atoms with Crippen LogP contribution in [0.1, 0.15) is 19.8 Å². The number of rotatable bonds is 3. The highest BCUT2D eigenvalue weighted by atomic mass is 19.4. The van der Waals surface area contributed by atoms with Crippen molar-refractivity contribution in [2.45, 2.75) is 26.1 Å². The molecular weight excluding hydrogens is 193 g/mol. The molecular formula is C9H17F3N2. The fourth-order valence-corrected chi connectivity index (χ4v) is 1.77. The summed E-state index contributed by atoms with van der Waals surface area (Å²) in [5.74, 6) is 0.180. The van der Waals surface area contributed by atoms with E-state index >= 15 is 0 Å². The van der Waals surface area contributed by atoms with Gasteiger partial charge in [-0.25, -0.2) is 5.32 Å². The van der Waals surface area contributed by atoms with Crippen molar-refractivity contribution < 1.29 is 13.2 Å². The number of likely N-dealkylation sites (tertiary alicyclic amines) is 1. The third-order valence-corrected chi connectivity index (χ3v) is 2.75. The van der Waals surface area contributed by atoms with Gasteiger partial charge in [0.05, 0.1) is 0 Å². The first-order chi connectivity index (χ1) is 6.51. The van der Waals surface area contributed by atoms with Crippen molar-refractivity contribution in [3.63, 3.8) is 0 Å². The van der Waals surface area contributed by atoms with E-state index in [9.17, 15) is 13.2 Å². The summed E-state index contributed by atoms with van der Waals surface area (Å²) < 4.78 is 35.5. The van der Waals surface area contributed by atoms with E-state index in [0.717, 1.165) is 32.5 Å². The molecule has 0 aromatic carbocycles. The highest BCUT2D eigenvalue weighted by molar-refractivity contribution is 4.73. The van der Waals surface area contributed by atoms with Gasteiger partial charge >= 0.3 is 6.30 Å². The van der Waals surface area contributed by atoms with Crippen LogP contribution >= 0.6 is 0 Å². The first-order valence-corrected chi connectivity index (χ1v) is 5.05. The highest BCUT2D eigenvalue weighted by Crippen LogP contribution is 2.18. The second kappa shape index (κ2) is 4.98. The lowest BCUT2D eigenvalue weighted by Crippen LogP contribution is -2.41. The van der Waals surface area contributed by atoms with Crippen molar-refractivity contribution in [3.8, 4) is 0 Å².